The number of anilines is 1. The van der Waals surface area contributed by atoms with Crippen molar-refractivity contribution in [3.63, 3.8) is 0 Å². The topological polar surface area (TPSA) is 70.1 Å². The Labute approximate surface area is 140 Å². The lowest BCUT2D eigenvalue weighted by molar-refractivity contribution is 0.101. The van der Waals surface area contributed by atoms with Gasteiger partial charge >= 0.3 is 6.09 Å². The summed E-state index contributed by atoms with van der Waals surface area (Å²) in [6, 6.07) is 9.54. The molecule has 126 valence electrons. The van der Waals surface area contributed by atoms with Crippen molar-refractivity contribution in [1.29, 1.82) is 0 Å². The predicted octanol–water partition coefficient (Wildman–Crippen LogP) is 2.85. The van der Waals surface area contributed by atoms with Gasteiger partial charge in [-0.3, -0.25) is 4.79 Å². The van der Waals surface area contributed by atoms with E-state index >= 15 is 0 Å². The maximum absolute atomic E-state index is 11.9. The molecule has 2 aromatic rings. The second-order valence-corrected chi connectivity index (χ2v) is 5.90. The van der Waals surface area contributed by atoms with Gasteiger partial charge in [-0.2, -0.15) is 0 Å². The summed E-state index contributed by atoms with van der Waals surface area (Å²) in [7, 11) is 1.62. The van der Waals surface area contributed by atoms with Crippen LogP contribution in [0.15, 0.2) is 30.3 Å². The number of piperazine rings is 1. The Morgan fingerprint density at radius 1 is 1.08 bits per heavy atom. The largest absolute Gasteiger partial charge is 0.497 e. The number of amides is 1. The van der Waals surface area contributed by atoms with E-state index in [1.165, 1.54) is 4.90 Å². The van der Waals surface area contributed by atoms with Gasteiger partial charge in [-0.15, -0.1) is 0 Å². The highest BCUT2D eigenvalue weighted by Gasteiger charge is 2.22. The van der Waals surface area contributed by atoms with Gasteiger partial charge in [0.25, 0.3) is 0 Å². The number of fused-ring (bicyclic) bond motifs is 1. The second kappa shape index (κ2) is 6.39. The first-order valence-electron chi connectivity index (χ1n) is 7.85. The number of carbonyl (C=O) groups is 2. The third kappa shape index (κ3) is 2.99. The number of Topliss-reactive ketones (excluding diaryl/α,β-unsaturated/α-hetero) is 1. The van der Waals surface area contributed by atoms with Gasteiger partial charge < -0.3 is 19.6 Å². The molecule has 6 heteroatoms. The number of ketones is 1. The highest BCUT2D eigenvalue weighted by molar-refractivity contribution is 6.04. The molecular formula is C18H20N2O4. The van der Waals surface area contributed by atoms with Crippen LogP contribution in [0.5, 0.6) is 5.75 Å². The van der Waals surface area contributed by atoms with E-state index in [4.69, 9.17) is 9.84 Å². The van der Waals surface area contributed by atoms with Crippen LogP contribution in [0.1, 0.15) is 17.3 Å². The summed E-state index contributed by atoms with van der Waals surface area (Å²) in [4.78, 5) is 26.5. The van der Waals surface area contributed by atoms with Crippen LogP contribution >= 0.6 is 0 Å². The zero-order chi connectivity index (χ0) is 17.3. The van der Waals surface area contributed by atoms with E-state index in [0.29, 0.717) is 31.7 Å². The predicted molar refractivity (Wildman–Crippen MR) is 92.3 cm³/mol. The summed E-state index contributed by atoms with van der Waals surface area (Å²) in [5.74, 6) is 0.765. The molecule has 1 aliphatic heterocycles. The Hall–Kier alpha value is -2.76. The van der Waals surface area contributed by atoms with E-state index in [1.807, 2.05) is 30.3 Å². The first-order valence-corrected chi connectivity index (χ1v) is 7.85. The summed E-state index contributed by atoms with van der Waals surface area (Å²) in [5.41, 5.74) is 1.60. The Balaban J connectivity index is 2.04. The van der Waals surface area contributed by atoms with Gasteiger partial charge in [0.05, 0.1) is 7.11 Å². The van der Waals surface area contributed by atoms with Crippen LogP contribution in [-0.4, -0.2) is 55.2 Å². The number of benzene rings is 2. The third-order valence-corrected chi connectivity index (χ3v) is 4.44. The molecule has 1 heterocycles. The Bertz CT molecular complexity index is 795. The highest BCUT2D eigenvalue weighted by atomic mass is 16.5. The van der Waals surface area contributed by atoms with Gasteiger partial charge in [-0.05, 0) is 36.6 Å². The lowest BCUT2D eigenvalue weighted by Crippen LogP contribution is -2.48. The van der Waals surface area contributed by atoms with Crippen molar-refractivity contribution < 1.29 is 19.4 Å². The van der Waals surface area contributed by atoms with Gasteiger partial charge in [-0.25, -0.2) is 4.79 Å². The number of rotatable bonds is 3. The average Bonchev–Trinajstić information content (AvgIpc) is 2.60. The fourth-order valence-electron chi connectivity index (χ4n) is 3.05. The normalized spacial score (nSPS) is 14.8. The number of methoxy groups -OCH3 is 1. The van der Waals surface area contributed by atoms with E-state index in [2.05, 4.69) is 4.90 Å². The zero-order valence-electron chi connectivity index (χ0n) is 13.8. The number of hydrogen-bond acceptors (Lipinski definition) is 4. The van der Waals surface area contributed by atoms with E-state index in [9.17, 15) is 9.59 Å². The fraction of sp³-hybridized carbons (Fsp3) is 0.333. The molecule has 0 aliphatic carbocycles. The van der Waals surface area contributed by atoms with Crippen molar-refractivity contribution in [3.05, 3.63) is 35.9 Å². The molecule has 1 aliphatic rings. The van der Waals surface area contributed by atoms with Gasteiger partial charge in [0, 0.05) is 42.8 Å². The van der Waals surface area contributed by atoms with Crippen molar-refractivity contribution >= 4 is 28.3 Å². The molecule has 0 bridgehead atoms. The molecule has 2 aromatic carbocycles. The number of nitrogens with zero attached hydrogens (tertiary/aromatic N) is 2. The molecule has 1 amide bonds. The molecule has 24 heavy (non-hydrogen) atoms. The summed E-state index contributed by atoms with van der Waals surface area (Å²) in [6.07, 6.45) is -0.890. The van der Waals surface area contributed by atoms with E-state index < -0.39 is 6.09 Å². The smallest absolute Gasteiger partial charge is 0.407 e. The van der Waals surface area contributed by atoms with Crippen molar-refractivity contribution in [2.45, 2.75) is 6.92 Å². The average molecular weight is 328 g/mol. The minimum absolute atomic E-state index is 0.0122. The Morgan fingerprint density at radius 3 is 2.38 bits per heavy atom. The molecule has 0 spiro atoms. The monoisotopic (exact) mass is 328 g/mol. The maximum atomic E-state index is 11.9. The number of hydrogen-bond donors (Lipinski definition) is 1. The van der Waals surface area contributed by atoms with Crippen molar-refractivity contribution in [3.8, 4) is 5.75 Å². The molecule has 0 unspecified atom stereocenters. The van der Waals surface area contributed by atoms with Crippen LogP contribution < -0.4 is 9.64 Å². The number of carbonyl (C=O) groups excluding carboxylic acids is 1. The quantitative estimate of drug-likeness (QED) is 0.877. The van der Waals surface area contributed by atoms with E-state index in [0.717, 1.165) is 22.2 Å². The zero-order valence-corrected chi connectivity index (χ0v) is 13.8. The first kappa shape index (κ1) is 16.1. The van der Waals surface area contributed by atoms with Crippen LogP contribution in [-0.2, 0) is 0 Å². The van der Waals surface area contributed by atoms with Crippen molar-refractivity contribution in [1.82, 2.24) is 4.90 Å². The Morgan fingerprint density at radius 2 is 1.79 bits per heavy atom. The summed E-state index contributed by atoms with van der Waals surface area (Å²) in [5, 5.41) is 11.1. The van der Waals surface area contributed by atoms with Crippen LogP contribution in [0.25, 0.3) is 10.8 Å². The SMILES string of the molecule is COc1ccc2cc(C(C)=O)cc(N3CCN(C(=O)O)CC3)c2c1. The lowest BCUT2D eigenvalue weighted by atomic mass is 10.0. The minimum Gasteiger partial charge on any atom is -0.497 e. The molecule has 0 saturated carbocycles. The molecular weight excluding hydrogens is 308 g/mol. The van der Waals surface area contributed by atoms with Gasteiger partial charge in [0.1, 0.15) is 5.75 Å². The second-order valence-electron chi connectivity index (χ2n) is 5.90. The van der Waals surface area contributed by atoms with Crippen LogP contribution in [0.4, 0.5) is 10.5 Å². The van der Waals surface area contributed by atoms with Gasteiger partial charge in [-0.1, -0.05) is 6.07 Å². The van der Waals surface area contributed by atoms with Crippen molar-refractivity contribution in [2.75, 3.05) is 38.2 Å². The van der Waals surface area contributed by atoms with E-state index in [1.54, 1.807) is 14.0 Å². The molecule has 0 aromatic heterocycles. The number of carboxylic acid groups (broad SMARTS) is 1. The maximum Gasteiger partial charge on any atom is 0.407 e. The van der Waals surface area contributed by atoms with Gasteiger partial charge in [0.2, 0.25) is 0 Å². The molecule has 3 rings (SSSR count). The number of ether oxygens (including phenoxy) is 1. The van der Waals surface area contributed by atoms with Crippen molar-refractivity contribution in [2.24, 2.45) is 0 Å². The highest BCUT2D eigenvalue weighted by Crippen LogP contribution is 2.32. The first-order chi connectivity index (χ1) is 11.5. The molecule has 0 atom stereocenters. The lowest BCUT2D eigenvalue weighted by Gasteiger charge is -2.35. The molecule has 1 saturated heterocycles. The summed E-state index contributed by atoms with van der Waals surface area (Å²) in [6.45, 7) is 3.65. The summed E-state index contributed by atoms with van der Waals surface area (Å²) < 4.78 is 5.32. The molecule has 0 radical (unpaired) electrons. The Kier molecular flexibility index (Phi) is 4.29. The third-order valence-electron chi connectivity index (χ3n) is 4.44. The minimum atomic E-state index is -0.890. The van der Waals surface area contributed by atoms with Crippen LogP contribution in [0.2, 0.25) is 0 Å². The standard InChI is InChI=1S/C18H20N2O4/c1-12(21)14-9-13-3-4-15(24-2)11-16(13)17(10-14)19-5-7-20(8-6-19)18(22)23/h3-4,9-11H,5-8H2,1-2H3,(H,22,23). The van der Waals surface area contributed by atoms with Crippen LogP contribution in [0, 0.1) is 0 Å². The van der Waals surface area contributed by atoms with Crippen LogP contribution in [0.3, 0.4) is 0 Å². The van der Waals surface area contributed by atoms with Gasteiger partial charge in [0.15, 0.2) is 5.78 Å². The summed E-state index contributed by atoms with van der Waals surface area (Å²) >= 11 is 0. The molecule has 1 fully saturated rings. The fourth-order valence-corrected chi connectivity index (χ4v) is 3.05. The molecule has 6 nitrogen and oxygen atoms in total. The van der Waals surface area contributed by atoms with E-state index in [-0.39, 0.29) is 5.78 Å². The molecule has 1 N–H and O–H groups in total.